The highest BCUT2D eigenvalue weighted by molar-refractivity contribution is 5.89. The maximum atomic E-state index is 11.6. The Labute approximate surface area is 98.0 Å². The second-order valence-electron chi connectivity index (χ2n) is 4.86. The van der Waals surface area contributed by atoms with E-state index in [-0.39, 0.29) is 6.54 Å². The first-order valence-corrected chi connectivity index (χ1v) is 5.08. The monoisotopic (exact) mass is 245 g/mol. The van der Waals surface area contributed by atoms with Crippen LogP contribution in [0.1, 0.15) is 20.8 Å². The molecular weight excluding hydrogens is 230 g/mol. The Morgan fingerprint density at radius 1 is 1.18 bits per heavy atom. The van der Waals surface area contributed by atoms with E-state index in [0.717, 1.165) is 4.90 Å². The fourth-order valence-corrected chi connectivity index (χ4v) is 1.53. The third-order valence-corrected chi connectivity index (χ3v) is 2.31. The Bertz CT molecular complexity index is 358. The van der Waals surface area contributed by atoms with E-state index in [1.165, 1.54) is 0 Å². The quantitative estimate of drug-likeness (QED) is 0.729. The zero-order valence-electron chi connectivity index (χ0n) is 9.84. The lowest BCUT2D eigenvalue weighted by atomic mass is 9.89. The summed E-state index contributed by atoms with van der Waals surface area (Å²) in [5.41, 5.74) is -0.742. The lowest BCUT2D eigenvalue weighted by Crippen LogP contribution is -2.65. The van der Waals surface area contributed by atoms with Crippen LogP contribution in [0.2, 0.25) is 0 Å². The summed E-state index contributed by atoms with van der Waals surface area (Å²) in [5, 5.41) is 17.6. The molecule has 0 radical (unpaired) electrons. The van der Waals surface area contributed by atoms with Gasteiger partial charge in [0, 0.05) is 6.54 Å². The Morgan fingerprint density at radius 2 is 1.71 bits per heavy atom. The molecule has 1 saturated heterocycles. The van der Waals surface area contributed by atoms with Crippen LogP contribution in [0.5, 0.6) is 0 Å². The van der Waals surface area contributed by atoms with E-state index in [2.05, 4.69) is 0 Å². The first-order chi connectivity index (χ1) is 7.63. The second-order valence-corrected chi connectivity index (χ2v) is 4.86. The number of nitrogens with zero attached hydrogens (tertiary/aromatic N) is 1. The van der Waals surface area contributed by atoms with Crippen molar-refractivity contribution in [1.82, 2.24) is 4.90 Å². The number of rotatable bonds is 2. The van der Waals surface area contributed by atoms with Crippen molar-refractivity contribution in [3.8, 4) is 0 Å². The van der Waals surface area contributed by atoms with E-state index in [0.29, 0.717) is 0 Å². The van der Waals surface area contributed by atoms with Crippen LogP contribution >= 0.6 is 0 Å². The molecule has 7 nitrogen and oxygen atoms in total. The normalized spacial score (nSPS) is 23.8. The highest BCUT2D eigenvalue weighted by Gasteiger charge is 2.52. The Morgan fingerprint density at radius 3 is 2.06 bits per heavy atom. The van der Waals surface area contributed by atoms with Crippen molar-refractivity contribution in [3.63, 3.8) is 0 Å². The molecule has 1 aliphatic heterocycles. The summed E-state index contributed by atoms with van der Waals surface area (Å²) in [6.45, 7) is 4.81. The third kappa shape index (κ3) is 2.86. The van der Waals surface area contributed by atoms with Crippen LogP contribution in [0.4, 0.5) is 4.79 Å². The average Bonchev–Trinajstić information content (AvgIpc) is 1.94. The molecule has 0 saturated carbocycles. The topological polar surface area (TPSA) is 104 Å². The van der Waals surface area contributed by atoms with Gasteiger partial charge in [-0.15, -0.1) is 0 Å². The van der Waals surface area contributed by atoms with Crippen LogP contribution in [-0.4, -0.2) is 51.3 Å². The third-order valence-electron chi connectivity index (χ3n) is 2.31. The van der Waals surface area contributed by atoms with Crippen LogP contribution in [-0.2, 0) is 14.3 Å². The number of hydrogen-bond donors (Lipinski definition) is 2. The predicted molar refractivity (Wildman–Crippen MR) is 55.5 cm³/mol. The van der Waals surface area contributed by atoms with Crippen molar-refractivity contribution < 1.29 is 29.3 Å². The molecule has 0 aromatic rings. The van der Waals surface area contributed by atoms with E-state index in [1.807, 2.05) is 0 Å². The summed E-state index contributed by atoms with van der Waals surface area (Å²) in [7, 11) is 0. The zero-order chi connectivity index (χ0) is 13.4. The molecular formula is C10H15NO6. The van der Waals surface area contributed by atoms with E-state index < -0.39 is 35.6 Å². The molecule has 0 bridgehead atoms. The number of carbonyl (C=O) groups is 3. The van der Waals surface area contributed by atoms with Gasteiger partial charge in [-0.05, 0) is 20.8 Å². The van der Waals surface area contributed by atoms with Crippen LogP contribution < -0.4 is 0 Å². The Hall–Kier alpha value is -1.79. The molecule has 96 valence electrons. The molecule has 1 heterocycles. The van der Waals surface area contributed by atoms with Crippen molar-refractivity contribution in [2.45, 2.75) is 32.4 Å². The minimum absolute atomic E-state index is 0.138. The smallest absolute Gasteiger partial charge is 0.411 e. The van der Waals surface area contributed by atoms with E-state index in [1.54, 1.807) is 20.8 Å². The lowest BCUT2D eigenvalue weighted by Gasteiger charge is -2.43. The molecule has 1 fully saturated rings. The molecule has 0 spiro atoms. The molecule has 0 aromatic heterocycles. The van der Waals surface area contributed by atoms with Crippen molar-refractivity contribution in [2.24, 2.45) is 5.92 Å². The summed E-state index contributed by atoms with van der Waals surface area (Å²) in [6.07, 6.45) is -0.803. The summed E-state index contributed by atoms with van der Waals surface area (Å²) in [5.74, 6) is -3.63. The molecule has 1 aliphatic rings. The number of carboxylic acids is 2. The van der Waals surface area contributed by atoms with Gasteiger partial charge in [0.15, 0.2) is 0 Å². The first kappa shape index (κ1) is 13.3. The molecule has 0 unspecified atom stereocenters. The predicted octanol–water partition coefficient (Wildman–Crippen LogP) is 0.391. The minimum atomic E-state index is -1.35. The van der Waals surface area contributed by atoms with Gasteiger partial charge in [-0.2, -0.15) is 0 Å². The van der Waals surface area contributed by atoms with Crippen LogP contribution in [0.15, 0.2) is 0 Å². The van der Waals surface area contributed by atoms with Gasteiger partial charge in [0.25, 0.3) is 0 Å². The Balaban J connectivity index is 2.71. The summed E-state index contributed by atoms with van der Waals surface area (Å²) in [6, 6.07) is -1.35. The highest BCUT2D eigenvalue weighted by atomic mass is 16.6. The van der Waals surface area contributed by atoms with Crippen molar-refractivity contribution in [1.29, 1.82) is 0 Å². The number of ether oxygens (including phenoxy) is 1. The number of carbonyl (C=O) groups excluding carboxylic acids is 1. The van der Waals surface area contributed by atoms with E-state index >= 15 is 0 Å². The standard InChI is InChI=1S/C10H15NO6/c1-10(2,3)17-9(16)11-4-5(7(12)13)6(11)8(14)15/h5-6H,4H2,1-3H3,(H,12,13)(H,14,15)/t5-,6+/m1/s1. The molecule has 1 amide bonds. The number of likely N-dealkylation sites (tertiary alicyclic amines) is 1. The van der Waals surface area contributed by atoms with Crippen molar-refractivity contribution in [2.75, 3.05) is 6.54 Å². The van der Waals surface area contributed by atoms with Crippen molar-refractivity contribution in [3.05, 3.63) is 0 Å². The SMILES string of the molecule is CC(C)(C)OC(=O)N1C[C@@H](C(=O)O)[C@H]1C(=O)O. The van der Waals surface area contributed by atoms with E-state index in [4.69, 9.17) is 14.9 Å². The molecule has 2 N–H and O–H groups in total. The zero-order valence-corrected chi connectivity index (χ0v) is 9.84. The fraction of sp³-hybridized carbons (Fsp3) is 0.700. The second kappa shape index (κ2) is 4.23. The number of amides is 1. The lowest BCUT2D eigenvalue weighted by molar-refractivity contribution is -0.165. The fourth-order valence-electron chi connectivity index (χ4n) is 1.53. The highest BCUT2D eigenvalue weighted by Crippen LogP contribution is 2.27. The number of aliphatic carboxylic acids is 2. The average molecular weight is 245 g/mol. The molecule has 0 aliphatic carbocycles. The van der Waals surface area contributed by atoms with Crippen LogP contribution in [0.25, 0.3) is 0 Å². The molecule has 2 atom stereocenters. The van der Waals surface area contributed by atoms with Gasteiger partial charge >= 0.3 is 18.0 Å². The summed E-state index contributed by atoms with van der Waals surface area (Å²) >= 11 is 0. The van der Waals surface area contributed by atoms with Gasteiger partial charge in [-0.1, -0.05) is 0 Å². The van der Waals surface area contributed by atoms with Gasteiger partial charge in [0.05, 0.1) is 0 Å². The van der Waals surface area contributed by atoms with Crippen LogP contribution in [0.3, 0.4) is 0 Å². The molecule has 7 heteroatoms. The maximum Gasteiger partial charge on any atom is 0.411 e. The van der Waals surface area contributed by atoms with Gasteiger partial charge in [0.2, 0.25) is 0 Å². The van der Waals surface area contributed by atoms with Crippen LogP contribution in [0, 0.1) is 5.92 Å². The largest absolute Gasteiger partial charge is 0.481 e. The Kier molecular flexibility index (Phi) is 3.30. The summed E-state index contributed by atoms with van der Waals surface area (Å²) in [4.78, 5) is 34.1. The molecule has 17 heavy (non-hydrogen) atoms. The maximum absolute atomic E-state index is 11.6. The van der Waals surface area contributed by atoms with Gasteiger partial charge < -0.3 is 14.9 Å². The van der Waals surface area contributed by atoms with Gasteiger partial charge in [-0.25, -0.2) is 9.59 Å². The van der Waals surface area contributed by atoms with Crippen molar-refractivity contribution >= 4 is 18.0 Å². The van der Waals surface area contributed by atoms with Gasteiger partial charge in [0.1, 0.15) is 17.6 Å². The number of carboxylic acid groups (broad SMARTS) is 2. The van der Waals surface area contributed by atoms with E-state index in [9.17, 15) is 14.4 Å². The number of hydrogen-bond acceptors (Lipinski definition) is 4. The minimum Gasteiger partial charge on any atom is -0.481 e. The molecule has 0 aromatic carbocycles. The first-order valence-electron chi connectivity index (χ1n) is 5.08. The summed E-state index contributed by atoms with van der Waals surface area (Å²) < 4.78 is 4.98. The van der Waals surface area contributed by atoms with Gasteiger partial charge in [-0.3, -0.25) is 9.69 Å². The molecule has 1 rings (SSSR count).